The Morgan fingerprint density at radius 1 is 1.53 bits per heavy atom. The number of carboxylic acids is 1. The molecular formula is C14H18O3. The van der Waals surface area contributed by atoms with E-state index in [2.05, 4.69) is 13.0 Å². The van der Waals surface area contributed by atoms with Gasteiger partial charge in [-0.15, -0.1) is 0 Å². The Hall–Kier alpha value is -1.51. The second-order valence-electron chi connectivity index (χ2n) is 5.39. The van der Waals surface area contributed by atoms with Gasteiger partial charge in [-0.1, -0.05) is 12.1 Å². The average Bonchev–Trinajstić information content (AvgIpc) is 2.60. The van der Waals surface area contributed by atoms with Crippen LogP contribution >= 0.6 is 0 Å². The zero-order chi connectivity index (χ0) is 12.6. The van der Waals surface area contributed by atoms with E-state index in [1.165, 1.54) is 11.1 Å². The Labute approximate surface area is 101 Å². The molecule has 1 heterocycles. The molecule has 2 rings (SSSR count). The predicted molar refractivity (Wildman–Crippen MR) is 65.3 cm³/mol. The summed E-state index contributed by atoms with van der Waals surface area (Å²) < 4.78 is 5.81. The van der Waals surface area contributed by atoms with E-state index in [1.54, 1.807) is 13.8 Å². The first-order valence-corrected chi connectivity index (χ1v) is 5.89. The van der Waals surface area contributed by atoms with Crippen LogP contribution in [0, 0.1) is 12.3 Å². The fraction of sp³-hybridized carbons (Fsp3) is 0.500. The third kappa shape index (κ3) is 2.28. The second kappa shape index (κ2) is 4.06. The number of benzene rings is 1. The maximum atomic E-state index is 11.1. The van der Waals surface area contributed by atoms with Gasteiger partial charge in [0.1, 0.15) is 11.9 Å². The molecule has 0 saturated heterocycles. The van der Waals surface area contributed by atoms with Gasteiger partial charge in [0, 0.05) is 18.4 Å². The van der Waals surface area contributed by atoms with Gasteiger partial charge in [-0.2, -0.15) is 0 Å². The number of carboxylic acid groups (broad SMARTS) is 1. The number of carbonyl (C=O) groups is 1. The number of aliphatic carboxylic acids is 1. The van der Waals surface area contributed by atoms with E-state index in [0.717, 1.165) is 12.2 Å². The van der Waals surface area contributed by atoms with Gasteiger partial charge >= 0.3 is 5.97 Å². The highest BCUT2D eigenvalue weighted by molar-refractivity contribution is 5.73. The van der Waals surface area contributed by atoms with Crippen LogP contribution in [0.15, 0.2) is 18.2 Å². The van der Waals surface area contributed by atoms with Gasteiger partial charge in [-0.3, -0.25) is 4.79 Å². The van der Waals surface area contributed by atoms with Crippen molar-refractivity contribution in [3.63, 3.8) is 0 Å². The van der Waals surface area contributed by atoms with E-state index >= 15 is 0 Å². The SMILES string of the molecule is Cc1cccc2c1CC(CC(C)(C)C(=O)O)O2. The van der Waals surface area contributed by atoms with Gasteiger partial charge in [0.25, 0.3) is 0 Å². The summed E-state index contributed by atoms with van der Waals surface area (Å²) in [7, 11) is 0. The first kappa shape index (κ1) is 12.0. The molecule has 0 spiro atoms. The summed E-state index contributed by atoms with van der Waals surface area (Å²) in [4.78, 5) is 11.1. The van der Waals surface area contributed by atoms with Crippen molar-refractivity contribution in [2.75, 3.05) is 0 Å². The lowest BCUT2D eigenvalue weighted by Crippen LogP contribution is -2.30. The van der Waals surface area contributed by atoms with Crippen LogP contribution in [0.5, 0.6) is 5.75 Å². The fourth-order valence-corrected chi connectivity index (χ4v) is 2.27. The fourth-order valence-electron chi connectivity index (χ4n) is 2.27. The smallest absolute Gasteiger partial charge is 0.309 e. The molecule has 0 bridgehead atoms. The summed E-state index contributed by atoms with van der Waals surface area (Å²) in [6, 6.07) is 5.99. The normalized spacial score (nSPS) is 18.6. The maximum Gasteiger partial charge on any atom is 0.309 e. The lowest BCUT2D eigenvalue weighted by molar-refractivity contribution is -0.148. The van der Waals surface area contributed by atoms with Crippen molar-refractivity contribution in [1.82, 2.24) is 0 Å². The minimum absolute atomic E-state index is 0.0165. The van der Waals surface area contributed by atoms with Crippen molar-refractivity contribution >= 4 is 5.97 Å². The Bertz CT molecular complexity index is 449. The topological polar surface area (TPSA) is 46.5 Å². The molecule has 0 saturated carbocycles. The van der Waals surface area contributed by atoms with Crippen molar-refractivity contribution in [2.45, 2.75) is 39.7 Å². The second-order valence-corrected chi connectivity index (χ2v) is 5.39. The quantitative estimate of drug-likeness (QED) is 0.874. The van der Waals surface area contributed by atoms with Crippen LogP contribution in [0.2, 0.25) is 0 Å². The van der Waals surface area contributed by atoms with E-state index in [-0.39, 0.29) is 6.10 Å². The molecule has 1 aliphatic heterocycles. The standard InChI is InChI=1S/C14H18O3/c1-9-5-4-6-12-11(9)7-10(17-12)8-14(2,3)13(15)16/h4-6,10H,7-8H2,1-3H3,(H,15,16). The summed E-state index contributed by atoms with van der Waals surface area (Å²) in [5.74, 6) is 0.143. The molecule has 1 unspecified atom stereocenters. The molecule has 1 N–H and O–H groups in total. The van der Waals surface area contributed by atoms with E-state index in [9.17, 15) is 4.79 Å². The van der Waals surface area contributed by atoms with Gasteiger partial charge in [-0.05, 0) is 32.4 Å². The third-order valence-corrected chi connectivity index (χ3v) is 3.41. The van der Waals surface area contributed by atoms with Gasteiger partial charge < -0.3 is 9.84 Å². The Morgan fingerprint density at radius 3 is 2.82 bits per heavy atom. The molecule has 3 heteroatoms. The lowest BCUT2D eigenvalue weighted by atomic mass is 9.85. The first-order chi connectivity index (χ1) is 7.90. The van der Waals surface area contributed by atoms with E-state index in [1.807, 2.05) is 12.1 Å². The lowest BCUT2D eigenvalue weighted by Gasteiger charge is -2.22. The van der Waals surface area contributed by atoms with Crippen LogP contribution in [0.1, 0.15) is 31.4 Å². The van der Waals surface area contributed by atoms with Crippen molar-refractivity contribution < 1.29 is 14.6 Å². The molecule has 0 fully saturated rings. The molecule has 0 aromatic heterocycles. The molecule has 0 amide bonds. The zero-order valence-electron chi connectivity index (χ0n) is 10.5. The summed E-state index contributed by atoms with van der Waals surface area (Å²) in [5.41, 5.74) is 1.71. The van der Waals surface area contributed by atoms with Gasteiger partial charge in [0.05, 0.1) is 5.41 Å². The first-order valence-electron chi connectivity index (χ1n) is 5.89. The predicted octanol–water partition coefficient (Wildman–Crippen LogP) is 2.80. The van der Waals surface area contributed by atoms with Crippen LogP contribution in [-0.2, 0) is 11.2 Å². The van der Waals surface area contributed by atoms with Crippen molar-refractivity contribution in [3.8, 4) is 5.75 Å². The van der Waals surface area contributed by atoms with E-state index in [0.29, 0.717) is 6.42 Å². The van der Waals surface area contributed by atoms with Crippen molar-refractivity contribution in [3.05, 3.63) is 29.3 Å². The van der Waals surface area contributed by atoms with Crippen LogP contribution in [-0.4, -0.2) is 17.2 Å². The highest BCUT2D eigenvalue weighted by Crippen LogP contribution is 2.35. The number of aryl methyl sites for hydroxylation is 1. The van der Waals surface area contributed by atoms with Gasteiger partial charge in [0.15, 0.2) is 0 Å². The number of ether oxygens (including phenoxy) is 1. The Balaban J connectivity index is 2.11. The minimum Gasteiger partial charge on any atom is -0.490 e. The highest BCUT2D eigenvalue weighted by Gasteiger charge is 2.34. The van der Waals surface area contributed by atoms with Gasteiger partial charge in [-0.25, -0.2) is 0 Å². The summed E-state index contributed by atoms with van der Waals surface area (Å²) in [5, 5.41) is 9.12. The molecule has 1 atom stereocenters. The molecule has 1 aromatic rings. The monoisotopic (exact) mass is 234 g/mol. The Kier molecular flexibility index (Phi) is 2.86. The van der Waals surface area contributed by atoms with Crippen molar-refractivity contribution in [1.29, 1.82) is 0 Å². The number of hydrogen-bond acceptors (Lipinski definition) is 2. The highest BCUT2D eigenvalue weighted by atomic mass is 16.5. The van der Waals surface area contributed by atoms with Crippen LogP contribution in [0.25, 0.3) is 0 Å². The molecule has 3 nitrogen and oxygen atoms in total. The summed E-state index contributed by atoms with van der Waals surface area (Å²) in [6.07, 6.45) is 1.34. The van der Waals surface area contributed by atoms with E-state index in [4.69, 9.17) is 9.84 Å². The molecule has 0 aliphatic carbocycles. The van der Waals surface area contributed by atoms with Crippen molar-refractivity contribution in [2.24, 2.45) is 5.41 Å². The molecule has 1 aliphatic rings. The van der Waals surface area contributed by atoms with Crippen LogP contribution < -0.4 is 4.74 Å². The number of rotatable bonds is 3. The molecule has 17 heavy (non-hydrogen) atoms. The zero-order valence-corrected chi connectivity index (χ0v) is 10.5. The average molecular weight is 234 g/mol. The molecule has 92 valence electrons. The molecule has 1 aromatic carbocycles. The number of hydrogen-bond donors (Lipinski definition) is 1. The van der Waals surface area contributed by atoms with Crippen LogP contribution in [0.4, 0.5) is 0 Å². The Morgan fingerprint density at radius 2 is 2.24 bits per heavy atom. The largest absolute Gasteiger partial charge is 0.490 e. The minimum atomic E-state index is -0.770. The van der Waals surface area contributed by atoms with Gasteiger partial charge in [0.2, 0.25) is 0 Å². The molecular weight excluding hydrogens is 216 g/mol. The van der Waals surface area contributed by atoms with Crippen LogP contribution in [0.3, 0.4) is 0 Å². The molecule has 0 radical (unpaired) electrons. The van der Waals surface area contributed by atoms with E-state index < -0.39 is 11.4 Å². The summed E-state index contributed by atoms with van der Waals surface area (Å²) >= 11 is 0. The number of fused-ring (bicyclic) bond motifs is 1. The third-order valence-electron chi connectivity index (χ3n) is 3.41. The maximum absolute atomic E-state index is 11.1. The summed E-state index contributed by atoms with van der Waals surface area (Å²) in [6.45, 7) is 5.55.